The Kier molecular flexibility index (Phi) is 6.31. The second-order valence-electron chi connectivity index (χ2n) is 8.40. The first-order valence-electron chi connectivity index (χ1n) is 9.98. The van der Waals surface area contributed by atoms with Crippen molar-refractivity contribution in [2.45, 2.75) is 70.5 Å². The number of benzene rings is 1. The minimum absolute atomic E-state index is 0.0435. The molecule has 0 saturated carbocycles. The van der Waals surface area contributed by atoms with Gasteiger partial charge in [0.15, 0.2) is 0 Å². The van der Waals surface area contributed by atoms with E-state index in [1.54, 1.807) is 6.26 Å². The van der Waals surface area contributed by atoms with Crippen LogP contribution in [0.2, 0.25) is 0 Å². The summed E-state index contributed by atoms with van der Waals surface area (Å²) in [7, 11) is -0.386. The number of carbonyl (C=O) groups excluding carboxylic acids is 1. The lowest BCUT2D eigenvalue weighted by atomic mass is 9.68. The number of carbonyl (C=O) groups is 1. The highest BCUT2D eigenvalue weighted by molar-refractivity contribution is 6.47. The molecule has 0 bridgehead atoms. The van der Waals surface area contributed by atoms with Gasteiger partial charge in [0.1, 0.15) is 5.76 Å². The Balaban J connectivity index is 1.54. The molecule has 0 spiro atoms. The molecule has 1 atom stereocenters. The molecular formula is C22H30BNO4. The number of hydrogen-bond acceptors (Lipinski definition) is 4. The van der Waals surface area contributed by atoms with E-state index in [-0.39, 0.29) is 18.8 Å². The van der Waals surface area contributed by atoms with E-state index in [9.17, 15) is 4.79 Å². The Morgan fingerprint density at radius 2 is 1.71 bits per heavy atom. The zero-order valence-corrected chi connectivity index (χ0v) is 17.2. The second kappa shape index (κ2) is 8.54. The smallest absolute Gasteiger partial charge is 0.469 e. The summed E-state index contributed by atoms with van der Waals surface area (Å²) in [4.78, 5) is 12.2. The molecule has 150 valence electrons. The van der Waals surface area contributed by atoms with Crippen LogP contribution in [0.25, 0.3) is 0 Å². The lowest BCUT2D eigenvalue weighted by molar-refractivity contribution is -0.121. The van der Waals surface area contributed by atoms with Crippen LogP contribution in [0, 0.1) is 0 Å². The van der Waals surface area contributed by atoms with Crippen molar-refractivity contribution < 1.29 is 18.5 Å². The lowest BCUT2D eigenvalue weighted by Crippen LogP contribution is -2.41. The molecule has 1 amide bonds. The van der Waals surface area contributed by atoms with Crippen molar-refractivity contribution in [3.8, 4) is 0 Å². The van der Waals surface area contributed by atoms with Crippen molar-refractivity contribution in [3.63, 3.8) is 0 Å². The number of furan rings is 1. The normalized spacial score (nSPS) is 18.8. The highest BCUT2D eigenvalue weighted by Gasteiger charge is 2.54. The van der Waals surface area contributed by atoms with Crippen LogP contribution in [0.15, 0.2) is 53.1 Å². The van der Waals surface area contributed by atoms with Gasteiger partial charge in [0.25, 0.3) is 0 Å². The van der Waals surface area contributed by atoms with Gasteiger partial charge in [0, 0.05) is 13.0 Å². The van der Waals surface area contributed by atoms with Crippen molar-refractivity contribution in [1.82, 2.24) is 5.32 Å². The predicted molar refractivity (Wildman–Crippen MR) is 110 cm³/mol. The van der Waals surface area contributed by atoms with Gasteiger partial charge < -0.3 is 19.0 Å². The average molecular weight is 383 g/mol. The fourth-order valence-corrected chi connectivity index (χ4v) is 3.34. The van der Waals surface area contributed by atoms with Crippen LogP contribution in [0.1, 0.15) is 64.1 Å². The number of hydrogen-bond donors (Lipinski definition) is 1. The molecule has 5 nitrogen and oxygen atoms in total. The molecule has 1 saturated heterocycles. The van der Waals surface area contributed by atoms with Gasteiger partial charge >= 0.3 is 7.12 Å². The Morgan fingerprint density at radius 1 is 1.04 bits per heavy atom. The minimum Gasteiger partial charge on any atom is -0.470 e. The van der Waals surface area contributed by atoms with Crippen molar-refractivity contribution in [1.29, 1.82) is 0 Å². The molecule has 3 rings (SSSR count). The fourth-order valence-electron chi connectivity index (χ4n) is 3.34. The van der Waals surface area contributed by atoms with E-state index in [0.29, 0.717) is 13.0 Å². The zero-order valence-electron chi connectivity index (χ0n) is 17.2. The first-order valence-corrected chi connectivity index (χ1v) is 9.98. The number of nitrogens with one attached hydrogen (secondary N) is 1. The van der Waals surface area contributed by atoms with E-state index < -0.39 is 11.2 Å². The van der Waals surface area contributed by atoms with E-state index in [1.165, 1.54) is 0 Å². The highest BCUT2D eigenvalue weighted by atomic mass is 16.7. The number of amides is 1. The summed E-state index contributed by atoms with van der Waals surface area (Å²) in [6.07, 6.45) is 3.61. The zero-order chi connectivity index (χ0) is 20.2. The summed E-state index contributed by atoms with van der Waals surface area (Å²) in [5.74, 6) is 0.845. The van der Waals surface area contributed by atoms with Gasteiger partial charge in [0.2, 0.25) is 5.91 Å². The molecule has 0 aliphatic carbocycles. The van der Waals surface area contributed by atoms with Crippen LogP contribution >= 0.6 is 0 Å². The van der Waals surface area contributed by atoms with E-state index in [0.717, 1.165) is 24.2 Å². The Bertz CT molecular complexity index is 742. The summed E-state index contributed by atoms with van der Waals surface area (Å²) < 4.78 is 18.1. The summed E-state index contributed by atoms with van der Waals surface area (Å²) in [6.45, 7) is 8.73. The third-order valence-corrected chi connectivity index (χ3v) is 5.76. The topological polar surface area (TPSA) is 60.7 Å². The summed E-state index contributed by atoms with van der Waals surface area (Å²) in [5, 5.41) is 2.98. The third-order valence-electron chi connectivity index (χ3n) is 5.76. The molecule has 28 heavy (non-hydrogen) atoms. The largest absolute Gasteiger partial charge is 0.470 e. The molecule has 1 aromatic carbocycles. The molecule has 0 unspecified atom stereocenters. The molecule has 2 heterocycles. The average Bonchev–Trinajstić information content (AvgIpc) is 3.24. The standard InChI is InChI=1S/C22H30BNO4/c1-21(2)22(3,4)28-23(27-21)18(19-13-9-15-26-19)12-8-14-20(25)24-16-17-10-6-5-7-11-17/h5-7,9-11,13,15,18H,8,12,14,16H2,1-4H3,(H,24,25)/t18-/m0/s1. The second-order valence-corrected chi connectivity index (χ2v) is 8.40. The Hall–Kier alpha value is -2.05. The summed E-state index contributed by atoms with van der Waals surface area (Å²) in [6, 6.07) is 13.7. The van der Waals surface area contributed by atoms with E-state index in [4.69, 9.17) is 13.7 Å². The van der Waals surface area contributed by atoms with Crippen LogP contribution in [0.4, 0.5) is 0 Å². The molecule has 1 fully saturated rings. The van der Waals surface area contributed by atoms with Crippen molar-refractivity contribution in [2.75, 3.05) is 0 Å². The van der Waals surface area contributed by atoms with E-state index in [1.807, 2.05) is 70.2 Å². The molecule has 1 aromatic heterocycles. The third kappa shape index (κ3) is 4.86. The van der Waals surface area contributed by atoms with Crippen LogP contribution in [-0.4, -0.2) is 24.2 Å². The maximum atomic E-state index is 12.2. The molecule has 6 heteroatoms. The maximum Gasteiger partial charge on any atom is 0.469 e. The van der Waals surface area contributed by atoms with Crippen LogP contribution in [-0.2, 0) is 20.6 Å². The Labute approximate surface area is 167 Å². The minimum atomic E-state index is -0.393. The predicted octanol–water partition coefficient (Wildman–Crippen LogP) is 4.48. The van der Waals surface area contributed by atoms with Crippen molar-refractivity contribution >= 4 is 13.0 Å². The van der Waals surface area contributed by atoms with Crippen molar-refractivity contribution in [2.24, 2.45) is 0 Å². The molecule has 0 radical (unpaired) electrons. The van der Waals surface area contributed by atoms with Gasteiger partial charge in [-0.05, 0) is 58.2 Å². The monoisotopic (exact) mass is 383 g/mol. The SMILES string of the molecule is CC1(C)OB([C@@H](CCCC(=O)NCc2ccccc2)c2ccco2)OC1(C)C. The quantitative estimate of drug-likeness (QED) is 0.683. The van der Waals surface area contributed by atoms with Gasteiger partial charge in [-0.3, -0.25) is 4.79 Å². The van der Waals surface area contributed by atoms with Crippen LogP contribution < -0.4 is 5.32 Å². The van der Waals surface area contributed by atoms with Gasteiger partial charge in [-0.2, -0.15) is 0 Å². The lowest BCUT2D eigenvalue weighted by Gasteiger charge is -2.32. The van der Waals surface area contributed by atoms with E-state index >= 15 is 0 Å². The molecule has 2 aromatic rings. The van der Waals surface area contributed by atoms with Crippen LogP contribution in [0.5, 0.6) is 0 Å². The molecular weight excluding hydrogens is 353 g/mol. The fraction of sp³-hybridized carbons (Fsp3) is 0.500. The first kappa shape index (κ1) is 20.7. The molecule has 1 aliphatic heterocycles. The van der Waals surface area contributed by atoms with E-state index in [2.05, 4.69) is 5.32 Å². The van der Waals surface area contributed by atoms with Gasteiger partial charge in [0.05, 0.1) is 23.3 Å². The summed E-state index contributed by atoms with van der Waals surface area (Å²) in [5.41, 5.74) is 0.312. The number of rotatable bonds is 8. The first-order chi connectivity index (χ1) is 13.3. The van der Waals surface area contributed by atoms with Gasteiger partial charge in [-0.25, -0.2) is 0 Å². The van der Waals surface area contributed by atoms with Gasteiger partial charge in [-0.1, -0.05) is 30.3 Å². The van der Waals surface area contributed by atoms with Crippen molar-refractivity contribution in [3.05, 3.63) is 60.1 Å². The van der Waals surface area contributed by atoms with Gasteiger partial charge in [-0.15, -0.1) is 0 Å². The summed E-state index contributed by atoms with van der Waals surface area (Å²) >= 11 is 0. The maximum absolute atomic E-state index is 12.2. The van der Waals surface area contributed by atoms with Crippen LogP contribution in [0.3, 0.4) is 0 Å². The highest BCUT2D eigenvalue weighted by Crippen LogP contribution is 2.42. The molecule has 1 aliphatic rings. The molecule has 1 N–H and O–H groups in total. The Morgan fingerprint density at radius 3 is 2.32 bits per heavy atom.